The van der Waals surface area contributed by atoms with E-state index in [-0.39, 0.29) is 33.6 Å². The van der Waals surface area contributed by atoms with Crippen LogP contribution in [0.25, 0.3) is 17.2 Å². The highest BCUT2D eigenvalue weighted by atomic mass is 35.5. The van der Waals surface area contributed by atoms with Crippen molar-refractivity contribution in [1.29, 1.82) is 0 Å². The molecule has 9 nitrogen and oxygen atoms in total. The number of hydrogen-bond donors (Lipinski definition) is 0. The topological polar surface area (TPSA) is 116 Å². The fraction of sp³-hybridized carbons (Fsp3) is 0.162. The lowest BCUT2D eigenvalue weighted by molar-refractivity contribution is -0.149. The molecule has 246 valence electrons. The minimum absolute atomic E-state index is 0.0614. The lowest BCUT2D eigenvalue weighted by Gasteiger charge is -2.19. The largest absolute Gasteiger partial charge is 0.422 e. The van der Waals surface area contributed by atoms with E-state index in [9.17, 15) is 24.0 Å². The van der Waals surface area contributed by atoms with Gasteiger partial charge in [-0.15, -0.1) is 29.3 Å². The van der Waals surface area contributed by atoms with Gasteiger partial charge in [-0.1, -0.05) is 60.2 Å². The monoisotopic (exact) mass is 711 g/mol. The first-order chi connectivity index (χ1) is 23.5. The zero-order chi connectivity index (χ0) is 34.6. The van der Waals surface area contributed by atoms with E-state index in [1.807, 2.05) is 36.4 Å². The fourth-order valence-electron chi connectivity index (χ4n) is 6.37. The van der Waals surface area contributed by atoms with Gasteiger partial charge in [0, 0.05) is 20.9 Å². The maximum Gasteiger partial charge on any atom is 0.353 e. The first kappa shape index (κ1) is 32.6. The van der Waals surface area contributed by atoms with Crippen molar-refractivity contribution in [2.24, 2.45) is 11.8 Å². The minimum Gasteiger partial charge on any atom is -0.422 e. The van der Waals surface area contributed by atoms with Crippen LogP contribution in [-0.4, -0.2) is 41.9 Å². The first-order valence-electron chi connectivity index (χ1n) is 15.1. The van der Waals surface area contributed by atoms with Gasteiger partial charge < -0.3 is 14.2 Å². The van der Waals surface area contributed by atoms with Crippen molar-refractivity contribution >= 4 is 86.9 Å². The van der Waals surface area contributed by atoms with Crippen LogP contribution in [0, 0.1) is 25.7 Å². The summed E-state index contributed by atoms with van der Waals surface area (Å²) >= 11 is 8.54. The Morgan fingerprint density at radius 2 is 1.47 bits per heavy atom. The average Bonchev–Trinajstić information content (AvgIpc) is 3.86. The van der Waals surface area contributed by atoms with Crippen LogP contribution < -0.4 is 9.64 Å². The Morgan fingerprint density at radius 3 is 2.08 bits per heavy atom. The van der Waals surface area contributed by atoms with Crippen molar-refractivity contribution in [3.8, 4) is 5.75 Å². The molecule has 0 radical (unpaired) electrons. The molecule has 12 heteroatoms. The third kappa shape index (κ3) is 5.78. The number of hydrogen-bond acceptors (Lipinski definition) is 10. The van der Waals surface area contributed by atoms with E-state index in [4.69, 9.17) is 25.8 Å². The molecule has 4 aromatic rings. The summed E-state index contributed by atoms with van der Waals surface area (Å²) in [7, 11) is 0. The number of nitrogens with zero attached hydrogens (tertiary/aromatic N) is 1. The van der Waals surface area contributed by atoms with E-state index < -0.39 is 42.0 Å². The molecule has 4 unspecified atom stereocenters. The molecule has 0 spiro atoms. The van der Waals surface area contributed by atoms with Gasteiger partial charge in [0.05, 0.1) is 45.2 Å². The molecule has 0 bridgehead atoms. The quantitative estimate of drug-likeness (QED) is 0.0627. The van der Waals surface area contributed by atoms with E-state index >= 15 is 0 Å². The normalized spacial score (nSPS) is 22.0. The summed E-state index contributed by atoms with van der Waals surface area (Å²) in [4.78, 5) is 68.6. The number of ether oxygens (including phenoxy) is 3. The number of fused-ring (bicyclic) bond motifs is 1. The highest BCUT2D eigenvalue weighted by Crippen LogP contribution is 2.44. The average molecular weight is 712 g/mol. The second-order valence-electron chi connectivity index (χ2n) is 11.5. The summed E-state index contributed by atoms with van der Waals surface area (Å²) in [6, 6.07) is 18.8. The van der Waals surface area contributed by atoms with Crippen LogP contribution >= 0.6 is 34.3 Å². The van der Waals surface area contributed by atoms with Crippen LogP contribution in [0.15, 0.2) is 85.5 Å². The molecular formula is C37H26ClNO8S2. The number of cyclic esters (lactones) is 2. The molecule has 0 aliphatic carbocycles. The van der Waals surface area contributed by atoms with E-state index in [1.165, 1.54) is 41.7 Å². The molecule has 2 saturated heterocycles. The number of benzene rings is 2. The molecule has 2 fully saturated rings. The zero-order valence-electron chi connectivity index (χ0n) is 26.0. The Hall–Kier alpha value is -4.94. The van der Waals surface area contributed by atoms with Crippen molar-refractivity contribution in [3.63, 3.8) is 0 Å². The molecule has 0 N–H and O–H groups in total. The first-order valence-corrected chi connectivity index (χ1v) is 17.2. The summed E-state index contributed by atoms with van der Waals surface area (Å²) in [5.41, 5.74) is 2.32. The Kier molecular flexibility index (Phi) is 8.53. The van der Waals surface area contributed by atoms with Crippen molar-refractivity contribution in [2.75, 3.05) is 4.90 Å². The number of aryl methyl sites for hydroxylation is 2. The maximum absolute atomic E-state index is 13.7. The van der Waals surface area contributed by atoms with Crippen LogP contribution in [0.3, 0.4) is 0 Å². The van der Waals surface area contributed by atoms with Crippen LogP contribution in [0.1, 0.15) is 36.1 Å². The number of amides is 2. The summed E-state index contributed by atoms with van der Waals surface area (Å²) in [6.07, 6.45) is 3.97. The van der Waals surface area contributed by atoms with E-state index in [0.717, 1.165) is 26.7 Å². The molecule has 0 saturated carbocycles. The van der Waals surface area contributed by atoms with Gasteiger partial charge in [-0.3, -0.25) is 9.59 Å². The molecule has 2 aromatic heterocycles. The molecule has 5 heterocycles. The Bertz CT molecular complexity index is 2130. The summed E-state index contributed by atoms with van der Waals surface area (Å²) in [5.74, 6) is -4.30. The Morgan fingerprint density at radius 1 is 0.857 bits per heavy atom. The van der Waals surface area contributed by atoms with E-state index in [0.29, 0.717) is 26.0 Å². The third-order valence-corrected chi connectivity index (χ3v) is 10.8. The van der Waals surface area contributed by atoms with Gasteiger partial charge >= 0.3 is 17.9 Å². The predicted molar refractivity (Wildman–Crippen MR) is 186 cm³/mol. The van der Waals surface area contributed by atoms with E-state index in [1.54, 1.807) is 32.1 Å². The third-order valence-electron chi connectivity index (χ3n) is 8.62. The van der Waals surface area contributed by atoms with Crippen LogP contribution in [-0.2, 0) is 28.7 Å². The van der Waals surface area contributed by atoms with Crippen molar-refractivity contribution in [3.05, 3.63) is 121 Å². The van der Waals surface area contributed by atoms with Gasteiger partial charge in [-0.05, 0) is 55.8 Å². The zero-order valence-corrected chi connectivity index (χ0v) is 28.4. The Balaban J connectivity index is 1.09. The summed E-state index contributed by atoms with van der Waals surface area (Å²) < 4.78 is 17.1. The van der Waals surface area contributed by atoms with Gasteiger partial charge in [0.15, 0.2) is 0 Å². The minimum atomic E-state index is -0.808. The number of esters is 3. The second kappa shape index (κ2) is 12.8. The van der Waals surface area contributed by atoms with E-state index in [2.05, 4.69) is 6.58 Å². The van der Waals surface area contributed by atoms with Gasteiger partial charge in [0.2, 0.25) is 11.8 Å². The number of rotatable bonds is 8. The van der Waals surface area contributed by atoms with Crippen molar-refractivity contribution < 1.29 is 38.2 Å². The highest BCUT2D eigenvalue weighted by molar-refractivity contribution is 7.16. The molecule has 7 rings (SSSR count). The smallest absolute Gasteiger partial charge is 0.353 e. The van der Waals surface area contributed by atoms with Crippen LogP contribution in [0.4, 0.5) is 5.69 Å². The molecule has 3 aliphatic heterocycles. The molecule has 2 aromatic carbocycles. The molecule has 3 aliphatic rings. The predicted octanol–water partition coefficient (Wildman–Crippen LogP) is 7.07. The standard InChI is InChI=1S/C37H26ClNO8S2/c1-4-25-31-32(26(46-25)15-10-20-8-6-5-7-9-20)34(41)39(33(31)40)21-11-13-22(14-12-21)45-35(42)27-16-23(18(2)48-27)29-30(37(44)47-36(29)43)24-17-28(38)49-19(24)3/h4-17,25-26,31-32H,1H2,2-3H3. The van der Waals surface area contributed by atoms with Crippen LogP contribution in [0.2, 0.25) is 4.34 Å². The summed E-state index contributed by atoms with van der Waals surface area (Å²) in [5, 5.41) is 0. The number of imide groups is 1. The molecule has 4 atom stereocenters. The van der Waals surface area contributed by atoms with Gasteiger partial charge in [-0.2, -0.15) is 0 Å². The molecule has 49 heavy (non-hydrogen) atoms. The van der Waals surface area contributed by atoms with Crippen molar-refractivity contribution in [2.45, 2.75) is 26.1 Å². The molecular weight excluding hydrogens is 686 g/mol. The number of anilines is 1. The van der Waals surface area contributed by atoms with Crippen molar-refractivity contribution in [1.82, 2.24) is 0 Å². The van der Waals surface area contributed by atoms with Gasteiger partial charge in [0.1, 0.15) is 10.6 Å². The number of thiophene rings is 2. The van der Waals surface area contributed by atoms with Gasteiger partial charge in [-0.25, -0.2) is 19.3 Å². The van der Waals surface area contributed by atoms with Gasteiger partial charge in [0.25, 0.3) is 0 Å². The number of carbonyl (C=O) groups excluding carboxylic acids is 5. The maximum atomic E-state index is 13.7. The Labute approximate surface area is 293 Å². The lowest BCUT2D eigenvalue weighted by Crippen LogP contribution is -2.35. The van der Waals surface area contributed by atoms with Crippen LogP contribution in [0.5, 0.6) is 5.75 Å². The second-order valence-corrected chi connectivity index (χ2v) is 14.7. The SMILES string of the molecule is C=CC1OC(C=Cc2ccccc2)C2C(=O)N(c3ccc(OC(=O)c4cc(C5=C(c6cc(Cl)sc6C)C(=O)OC5=O)c(C)s4)cc3)C(=O)C12. The number of carbonyl (C=O) groups is 5. The fourth-order valence-corrected chi connectivity index (χ4v) is 8.47. The molecule has 2 amide bonds. The number of halogens is 1. The lowest BCUT2D eigenvalue weighted by atomic mass is 9.89. The summed E-state index contributed by atoms with van der Waals surface area (Å²) in [6.45, 7) is 7.32. The highest BCUT2D eigenvalue weighted by Gasteiger charge is 2.59.